The first-order chi connectivity index (χ1) is 13.5. The number of para-hydroxylation sites is 1. The molecule has 1 atom stereocenters. The summed E-state index contributed by atoms with van der Waals surface area (Å²) in [5, 5.41) is 0.928. The van der Waals surface area contributed by atoms with Crippen LogP contribution in [-0.2, 0) is 19.6 Å². The van der Waals surface area contributed by atoms with Crippen LogP contribution in [0.15, 0.2) is 64.0 Å². The normalized spacial score (nSPS) is 15.5. The highest BCUT2D eigenvalue weighted by Gasteiger charge is 2.26. The van der Waals surface area contributed by atoms with Gasteiger partial charge in [0.15, 0.2) is 0 Å². The molecule has 0 saturated heterocycles. The fourth-order valence-corrected chi connectivity index (χ4v) is 3.78. The third-order valence-electron chi connectivity index (χ3n) is 4.91. The Morgan fingerprint density at radius 1 is 1.14 bits per heavy atom. The van der Waals surface area contributed by atoms with Crippen LogP contribution in [0.3, 0.4) is 0 Å². The summed E-state index contributed by atoms with van der Waals surface area (Å²) in [5.41, 5.74) is 3.12. The van der Waals surface area contributed by atoms with Crippen molar-refractivity contribution in [1.82, 2.24) is 0 Å². The molecule has 0 amide bonds. The lowest BCUT2D eigenvalue weighted by molar-refractivity contribution is 0.289. The van der Waals surface area contributed by atoms with E-state index in [0.717, 1.165) is 12.0 Å². The second-order valence-corrected chi connectivity index (χ2v) is 7.74. The number of hydrogen-bond acceptors (Lipinski definition) is 4. The molecule has 144 valence electrons. The minimum atomic E-state index is -0.207. The zero-order chi connectivity index (χ0) is 19.7. The van der Waals surface area contributed by atoms with Gasteiger partial charge in [-0.1, -0.05) is 47.5 Å². The van der Waals surface area contributed by atoms with E-state index in [9.17, 15) is 4.79 Å². The molecule has 1 aliphatic heterocycles. The second-order valence-electron chi connectivity index (χ2n) is 6.92. The highest BCUT2D eigenvalue weighted by atomic mass is 35.5. The quantitative estimate of drug-likeness (QED) is 0.553. The lowest BCUT2D eigenvalue weighted by Crippen LogP contribution is -2.29. The van der Waals surface area contributed by atoms with Gasteiger partial charge in [0, 0.05) is 17.8 Å². The van der Waals surface area contributed by atoms with Crippen molar-refractivity contribution < 1.29 is 9.15 Å². The van der Waals surface area contributed by atoms with E-state index in [4.69, 9.17) is 32.4 Å². The molecule has 1 unspecified atom stereocenters. The molecule has 3 aromatic rings. The molecule has 4 nitrogen and oxygen atoms in total. The fraction of sp³-hybridized carbons (Fsp3) is 0.227. The van der Waals surface area contributed by atoms with Crippen molar-refractivity contribution in [3.63, 3.8) is 0 Å². The molecular formula is C22H19Cl2NO3. The number of anilines is 1. The van der Waals surface area contributed by atoms with Crippen molar-refractivity contribution in [2.24, 2.45) is 0 Å². The minimum absolute atomic E-state index is 0.171. The van der Waals surface area contributed by atoms with Gasteiger partial charge in [-0.05, 0) is 42.7 Å². The maximum Gasteiger partial charge on any atom is 0.227 e. The molecule has 0 bridgehead atoms. The van der Waals surface area contributed by atoms with Crippen LogP contribution in [-0.4, -0.2) is 6.04 Å². The number of halogens is 2. The molecule has 6 heteroatoms. The molecule has 0 spiro atoms. The van der Waals surface area contributed by atoms with Gasteiger partial charge in [-0.2, -0.15) is 0 Å². The van der Waals surface area contributed by atoms with Crippen molar-refractivity contribution in [2.75, 3.05) is 4.90 Å². The van der Waals surface area contributed by atoms with Crippen LogP contribution in [0.25, 0.3) is 0 Å². The SMILES string of the molecule is CC1Cc2ccccc2N1Cc1cc(=O)c(OCc2ccc(Cl)c(Cl)c2)co1. The first-order valence-corrected chi connectivity index (χ1v) is 9.80. The molecule has 0 fully saturated rings. The Balaban J connectivity index is 1.46. The minimum Gasteiger partial charge on any atom is -0.482 e. The predicted molar refractivity (Wildman–Crippen MR) is 112 cm³/mol. The topological polar surface area (TPSA) is 42.7 Å². The molecule has 0 saturated carbocycles. The number of hydrogen-bond donors (Lipinski definition) is 0. The van der Waals surface area contributed by atoms with Gasteiger partial charge in [-0.3, -0.25) is 4.79 Å². The average molecular weight is 416 g/mol. The molecule has 0 N–H and O–H groups in total. The monoisotopic (exact) mass is 415 g/mol. The van der Waals surface area contributed by atoms with Crippen molar-refractivity contribution >= 4 is 28.9 Å². The van der Waals surface area contributed by atoms with Gasteiger partial charge in [-0.15, -0.1) is 0 Å². The first-order valence-electron chi connectivity index (χ1n) is 9.04. The lowest BCUT2D eigenvalue weighted by atomic mass is 10.1. The molecule has 1 aliphatic rings. The Morgan fingerprint density at radius 3 is 2.75 bits per heavy atom. The van der Waals surface area contributed by atoms with Gasteiger partial charge in [0.25, 0.3) is 0 Å². The van der Waals surface area contributed by atoms with Crippen molar-refractivity contribution in [3.05, 3.63) is 91.9 Å². The molecular weight excluding hydrogens is 397 g/mol. The summed E-state index contributed by atoms with van der Waals surface area (Å²) < 4.78 is 11.3. The van der Waals surface area contributed by atoms with E-state index in [1.54, 1.807) is 18.2 Å². The second kappa shape index (κ2) is 7.90. The lowest BCUT2D eigenvalue weighted by Gasteiger charge is -2.24. The van der Waals surface area contributed by atoms with E-state index in [1.807, 2.05) is 6.07 Å². The zero-order valence-electron chi connectivity index (χ0n) is 15.3. The third-order valence-corrected chi connectivity index (χ3v) is 5.64. The van der Waals surface area contributed by atoms with Gasteiger partial charge in [0.1, 0.15) is 18.6 Å². The first kappa shape index (κ1) is 18.9. The highest BCUT2D eigenvalue weighted by molar-refractivity contribution is 6.42. The van der Waals surface area contributed by atoms with Crippen molar-refractivity contribution in [1.29, 1.82) is 0 Å². The summed E-state index contributed by atoms with van der Waals surface area (Å²) in [7, 11) is 0. The van der Waals surface area contributed by atoms with Gasteiger partial charge in [0.05, 0.1) is 16.6 Å². The van der Waals surface area contributed by atoms with E-state index in [0.29, 0.717) is 28.4 Å². The summed E-state index contributed by atoms with van der Waals surface area (Å²) in [6.07, 6.45) is 2.37. The highest BCUT2D eigenvalue weighted by Crippen LogP contribution is 2.33. The van der Waals surface area contributed by atoms with Crippen LogP contribution < -0.4 is 15.1 Å². The number of rotatable bonds is 5. The van der Waals surface area contributed by atoms with Crippen LogP contribution in [0, 0.1) is 0 Å². The number of benzene rings is 2. The van der Waals surface area contributed by atoms with Crippen LogP contribution in [0.4, 0.5) is 5.69 Å². The Bertz CT molecular complexity index is 1060. The van der Waals surface area contributed by atoms with Crippen LogP contribution in [0.2, 0.25) is 10.0 Å². The van der Waals surface area contributed by atoms with E-state index < -0.39 is 0 Å². The van der Waals surface area contributed by atoms with Gasteiger partial charge in [0.2, 0.25) is 11.2 Å². The maximum absolute atomic E-state index is 12.4. The molecule has 0 aliphatic carbocycles. The Kier molecular flexibility index (Phi) is 5.33. The number of nitrogens with zero attached hydrogens (tertiary/aromatic N) is 1. The molecule has 2 heterocycles. The Morgan fingerprint density at radius 2 is 1.96 bits per heavy atom. The van der Waals surface area contributed by atoms with E-state index >= 15 is 0 Å². The Hall–Kier alpha value is -2.43. The summed E-state index contributed by atoms with van der Waals surface area (Å²) in [6.45, 7) is 2.92. The van der Waals surface area contributed by atoms with E-state index in [1.165, 1.54) is 23.6 Å². The van der Waals surface area contributed by atoms with Crippen LogP contribution in [0.1, 0.15) is 23.8 Å². The van der Waals surface area contributed by atoms with Crippen LogP contribution in [0.5, 0.6) is 5.75 Å². The largest absolute Gasteiger partial charge is 0.482 e. The molecule has 2 aromatic carbocycles. The molecule has 1 aromatic heterocycles. The number of fused-ring (bicyclic) bond motifs is 1. The average Bonchev–Trinajstić information content (AvgIpc) is 2.99. The van der Waals surface area contributed by atoms with E-state index in [2.05, 4.69) is 30.0 Å². The summed E-state index contributed by atoms with van der Waals surface area (Å²) in [5.74, 6) is 0.778. The van der Waals surface area contributed by atoms with Gasteiger partial charge >= 0.3 is 0 Å². The molecule has 4 rings (SSSR count). The Labute approximate surface area is 173 Å². The standard InChI is InChI=1S/C22H19Cl2NO3/c1-14-8-16-4-2-3-5-20(16)25(14)11-17-10-21(26)22(13-27-17)28-12-15-6-7-18(23)19(24)9-15/h2-7,9-10,13-14H,8,11-12H2,1H3. The van der Waals surface area contributed by atoms with Crippen molar-refractivity contribution in [3.8, 4) is 5.75 Å². The zero-order valence-corrected chi connectivity index (χ0v) is 16.8. The van der Waals surface area contributed by atoms with Crippen molar-refractivity contribution in [2.45, 2.75) is 32.5 Å². The predicted octanol–water partition coefficient (Wildman–Crippen LogP) is 5.48. The summed E-state index contributed by atoms with van der Waals surface area (Å²) in [4.78, 5) is 14.7. The molecule has 0 radical (unpaired) electrons. The summed E-state index contributed by atoms with van der Waals surface area (Å²) in [6, 6.07) is 15.4. The van der Waals surface area contributed by atoms with E-state index in [-0.39, 0.29) is 17.8 Å². The summed E-state index contributed by atoms with van der Waals surface area (Å²) >= 11 is 11.9. The van der Waals surface area contributed by atoms with Crippen LogP contribution >= 0.6 is 23.2 Å². The van der Waals surface area contributed by atoms with Gasteiger partial charge in [-0.25, -0.2) is 0 Å². The third kappa shape index (κ3) is 3.89. The van der Waals surface area contributed by atoms with Gasteiger partial charge < -0.3 is 14.1 Å². The molecule has 28 heavy (non-hydrogen) atoms. The number of ether oxygens (including phenoxy) is 1. The fourth-order valence-electron chi connectivity index (χ4n) is 3.46. The maximum atomic E-state index is 12.4. The smallest absolute Gasteiger partial charge is 0.227 e.